The predicted octanol–water partition coefficient (Wildman–Crippen LogP) is 5.53. The number of unbranched alkanes of at least 4 members (excludes halogenated alkanes) is 4. The van der Waals surface area contributed by atoms with Crippen molar-refractivity contribution in [3.8, 4) is 5.75 Å². The Hall–Kier alpha value is -0.500. The van der Waals surface area contributed by atoms with Crippen molar-refractivity contribution in [2.75, 3.05) is 11.9 Å². The Morgan fingerprint density at radius 2 is 1.67 bits per heavy atom. The van der Waals surface area contributed by atoms with Crippen molar-refractivity contribution in [2.24, 2.45) is 0 Å². The van der Waals surface area contributed by atoms with Crippen molar-refractivity contribution in [3.05, 3.63) is 29.8 Å². The molecule has 0 aliphatic heterocycles. The summed E-state index contributed by atoms with van der Waals surface area (Å²) in [5, 5.41) is 1.13. The maximum absolute atomic E-state index is 5.90. The Morgan fingerprint density at radius 3 is 2.39 bits per heavy atom. The fourth-order valence-corrected chi connectivity index (χ4v) is 2.39. The van der Waals surface area contributed by atoms with E-state index in [0.717, 1.165) is 24.1 Å². The number of hydrogen-bond donors (Lipinski definition) is 0. The molecule has 0 saturated heterocycles. The lowest BCUT2D eigenvalue weighted by Crippen LogP contribution is -2.01. The van der Waals surface area contributed by atoms with E-state index in [1.807, 2.05) is 0 Å². The van der Waals surface area contributed by atoms with Crippen LogP contribution >= 0.6 is 15.9 Å². The van der Waals surface area contributed by atoms with Gasteiger partial charge >= 0.3 is 0 Å². The molecule has 1 rings (SSSR count). The van der Waals surface area contributed by atoms with E-state index >= 15 is 0 Å². The zero-order chi connectivity index (χ0) is 13.2. The van der Waals surface area contributed by atoms with E-state index in [2.05, 4.69) is 54.0 Å². The van der Waals surface area contributed by atoms with Crippen molar-refractivity contribution in [2.45, 2.75) is 51.9 Å². The molecule has 0 heterocycles. The zero-order valence-corrected chi connectivity index (χ0v) is 13.2. The highest BCUT2D eigenvalue weighted by atomic mass is 79.9. The third-order valence-corrected chi connectivity index (χ3v) is 3.64. The van der Waals surface area contributed by atoms with Crippen LogP contribution in [0.5, 0.6) is 5.75 Å². The normalized spacial score (nSPS) is 10.9. The fraction of sp³-hybridized carbons (Fsp3) is 0.625. The number of hydrogen-bond acceptors (Lipinski definition) is 1. The lowest BCUT2D eigenvalue weighted by molar-refractivity contribution is 0.300. The van der Waals surface area contributed by atoms with Crippen LogP contribution in [0.1, 0.15) is 57.4 Å². The molecule has 0 saturated carbocycles. The molecule has 102 valence electrons. The molecule has 0 aromatic heterocycles. The van der Waals surface area contributed by atoms with Gasteiger partial charge in [-0.3, -0.25) is 0 Å². The van der Waals surface area contributed by atoms with Crippen LogP contribution < -0.4 is 4.74 Å². The summed E-state index contributed by atoms with van der Waals surface area (Å²) in [6, 6.07) is 8.38. The van der Waals surface area contributed by atoms with E-state index in [-0.39, 0.29) is 0 Å². The molecule has 0 aliphatic carbocycles. The molecular weight excluding hydrogens is 288 g/mol. The molecule has 0 unspecified atom stereocenters. The Morgan fingerprint density at radius 1 is 1.00 bits per heavy atom. The first-order chi connectivity index (χ1) is 8.75. The minimum atomic E-state index is 0.528. The molecule has 0 N–H and O–H groups in total. The van der Waals surface area contributed by atoms with Crippen molar-refractivity contribution >= 4 is 15.9 Å². The molecule has 0 fully saturated rings. The van der Waals surface area contributed by atoms with Gasteiger partial charge in [-0.15, -0.1) is 0 Å². The van der Waals surface area contributed by atoms with Crippen LogP contribution in [0.3, 0.4) is 0 Å². The van der Waals surface area contributed by atoms with Gasteiger partial charge in [0.05, 0.1) is 6.61 Å². The Bertz CT molecular complexity index is 323. The highest BCUT2D eigenvalue weighted by Crippen LogP contribution is 2.25. The van der Waals surface area contributed by atoms with E-state index in [1.54, 1.807) is 0 Å². The summed E-state index contributed by atoms with van der Waals surface area (Å²) in [4.78, 5) is 0. The summed E-state index contributed by atoms with van der Waals surface area (Å²) >= 11 is 3.46. The van der Waals surface area contributed by atoms with Gasteiger partial charge in [0.2, 0.25) is 0 Å². The summed E-state index contributed by atoms with van der Waals surface area (Å²) in [6.07, 6.45) is 6.37. The number of ether oxygens (including phenoxy) is 1. The lowest BCUT2D eigenvalue weighted by atomic mass is 10.0. The highest BCUT2D eigenvalue weighted by molar-refractivity contribution is 9.09. The molecule has 0 atom stereocenters. The van der Waals surface area contributed by atoms with E-state index < -0.39 is 0 Å². The molecule has 1 nitrogen and oxygen atoms in total. The van der Waals surface area contributed by atoms with Crippen LogP contribution in [-0.4, -0.2) is 11.9 Å². The quantitative estimate of drug-likeness (QED) is 0.430. The molecule has 2 heteroatoms. The summed E-state index contributed by atoms with van der Waals surface area (Å²) in [7, 11) is 0. The van der Waals surface area contributed by atoms with Crippen molar-refractivity contribution in [1.82, 2.24) is 0 Å². The van der Waals surface area contributed by atoms with Gasteiger partial charge in [0.1, 0.15) is 5.75 Å². The first-order valence-electron chi connectivity index (χ1n) is 7.03. The van der Waals surface area contributed by atoms with Gasteiger partial charge in [-0.05, 0) is 30.4 Å². The molecule has 1 aromatic carbocycles. The topological polar surface area (TPSA) is 9.23 Å². The number of halogens is 1. The zero-order valence-electron chi connectivity index (χ0n) is 11.6. The molecule has 18 heavy (non-hydrogen) atoms. The summed E-state index contributed by atoms with van der Waals surface area (Å²) in [6.45, 7) is 5.27. The van der Waals surface area contributed by atoms with Crippen molar-refractivity contribution < 1.29 is 4.74 Å². The Balaban J connectivity index is 2.23. The Kier molecular flexibility index (Phi) is 8.15. The van der Waals surface area contributed by atoms with Gasteiger partial charge in [-0.2, -0.15) is 0 Å². The number of alkyl halides is 1. The lowest BCUT2D eigenvalue weighted by Gasteiger charge is -2.13. The number of benzene rings is 1. The molecule has 0 spiro atoms. The number of para-hydroxylation sites is 1. The second kappa shape index (κ2) is 9.43. The molecule has 0 amide bonds. The van der Waals surface area contributed by atoms with Crippen LogP contribution in [0.25, 0.3) is 0 Å². The standard InChI is InChI=1S/C16H25BrO/c1-14(2)15-10-6-7-11-16(15)18-13-9-5-3-4-8-12-17/h6-7,10-11,14H,3-5,8-9,12-13H2,1-2H3. The van der Waals surface area contributed by atoms with Gasteiger partial charge < -0.3 is 4.74 Å². The van der Waals surface area contributed by atoms with E-state index in [4.69, 9.17) is 4.74 Å². The first-order valence-corrected chi connectivity index (χ1v) is 8.15. The molecule has 0 aliphatic rings. The average Bonchev–Trinajstić information content (AvgIpc) is 2.38. The second-order valence-electron chi connectivity index (χ2n) is 5.00. The molecule has 0 radical (unpaired) electrons. The average molecular weight is 313 g/mol. The predicted molar refractivity (Wildman–Crippen MR) is 82.9 cm³/mol. The molecule has 1 aromatic rings. The van der Waals surface area contributed by atoms with Crippen LogP contribution in [-0.2, 0) is 0 Å². The largest absolute Gasteiger partial charge is 0.493 e. The van der Waals surface area contributed by atoms with Gasteiger partial charge in [0.25, 0.3) is 0 Å². The van der Waals surface area contributed by atoms with Crippen LogP contribution in [0.2, 0.25) is 0 Å². The number of rotatable bonds is 9. The third kappa shape index (κ3) is 5.90. The molecule has 0 bridgehead atoms. The van der Waals surface area contributed by atoms with Gasteiger partial charge in [0.15, 0.2) is 0 Å². The minimum Gasteiger partial charge on any atom is -0.493 e. The Labute approximate surface area is 120 Å². The van der Waals surface area contributed by atoms with E-state index in [9.17, 15) is 0 Å². The van der Waals surface area contributed by atoms with Crippen LogP contribution in [0.15, 0.2) is 24.3 Å². The van der Waals surface area contributed by atoms with E-state index in [0.29, 0.717) is 5.92 Å². The summed E-state index contributed by atoms with van der Waals surface area (Å²) < 4.78 is 5.90. The highest BCUT2D eigenvalue weighted by Gasteiger charge is 2.06. The van der Waals surface area contributed by atoms with Crippen molar-refractivity contribution in [3.63, 3.8) is 0 Å². The maximum Gasteiger partial charge on any atom is 0.122 e. The maximum atomic E-state index is 5.90. The van der Waals surface area contributed by atoms with Crippen LogP contribution in [0, 0.1) is 0 Å². The third-order valence-electron chi connectivity index (χ3n) is 3.08. The van der Waals surface area contributed by atoms with Gasteiger partial charge in [0, 0.05) is 5.33 Å². The second-order valence-corrected chi connectivity index (χ2v) is 5.79. The fourth-order valence-electron chi connectivity index (χ4n) is 2.00. The first kappa shape index (κ1) is 15.6. The van der Waals surface area contributed by atoms with E-state index in [1.165, 1.54) is 31.2 Å². The SMILES string of the molecule is CC(C)c1ccccc1OCCCCCCCBr. The monoisotopic (exact) mass is 312 g/mol. The van der Waals surface area contributed by atoms with Crippen LogP contribution in [0.4, 0.5) is 0 Å². The summed E-state index contributed by atoms with van der Waals surface area (Å²) in [5.74, 6) is 1.59. The molecular formula is C16H25BrO. The minimum absolute atomic E-state index is 0.528. The van der Waals surface area contributed by atoms with Gasteiger partial charge in [-0.25, -0.2) is 0 Å². The smallest absolute Gasteiger partial charge is 0.122 e. The van der Waals surface area contributed by atoms with Gasteiger partial charge in [-0.1, -0.05) is 67.2 Å². The summed E-state index contributed by atoms with van der Waals surface area (Å²) in [5.41, 5.74) is 1.32. The van der Waals surface area contributed by atoms with Crippen molar-refractivity contribution in [1.29, 1.82) is 0 Å².